The third-order valence-electron chi connectivity index (χ3n) is 4.08. The Labute approximate surface area is 141 Å². The average molecular weight is 326 g/mol. The van der Waals surface area contributed by atoms with Crippen LogP contribution in [-0.2, 0) is 30.6 Å². The zero-order valence-corrected chi connectivity index (χ0v) is 14.0. The van der Waals surface area contributed by atoms with Crippen LogP contribution in [0.4, 0.5) is 5.69 Å². The van der Waals surface area contributed by atoms with Crippen LogP contribution >= 0.6 is 0 Å². The van der Waals surface area contributed by atoms with Gasteiger partial charge >= 0.3 is 0 Å². The molecule has 0 aliphatic carbocycles. The second-order valence-electron chi connectivity index (χ2n) is 5.65. The molecule has 126 valence electrons. The fraction of sp³-hybridized carbons (Fsp3) is 0.316. The van der Waals surface area contributed by atoms with E-state index in [1.165, 1.54) is 17.2 Å². The first-order valence-corrected chi connectivity index (χ1v) is 8.14. The van der Waals surface area contributed by atoms with Crippen LogP contribution in [0.1, 0.15) is 36.1 Å². The Kier molecular flexibility index (Phi) is 6.07. The van der Waals surface area contributed by atoms with E-state index in [2.05, 4.69) is 37.4 Å². The number of aryl methyl sites for hydroxylation is 2. The Morgan fingerprint density at radius 2 is 1.79 bits per heavy atom. The van der Waals surface area contributed by atoms with E-state index in [-0.39, 0.29) is 18.0 Å². The molecular formula is C19H22N2O3. The maximum Gasteiger partial charge on any atom is 0.273 e. The van der Waals surface area contributed by atoms with E-state index in [0.29, 0.717) is 12.1 Å². The van der Waals surface area contributed by atoms with Gasteiger partial charge in [-0.2, -0.15) is 0 Å². The lowest BCUT2D eigenvalue weighted by atomic mass is 10.0. The third-order valence-corrected chi connectivity index (χ3v) is 4.08. The molecule has 5 heteroatoms. The number of carbonyl (C=O) groups excluding carboxylic acids is 1. The highest BCUT2D eigenvalue weighted by molar-refractivity contribution is 5.79. The first kappa shape index (κ1) is 17.7. The van der Waals surface area contributed by atoms with Gasteiger partial charge in [-0.15, -0.1) is 0 Å². The van der Waals surface area contributed by atoms with Crippen LogP contribution in [0, 0.1) is 10.1 Å². The Hall–Kier alpha value is -2.69. The number of nitro groups is 1. The summed E-state index contributed by atoms with van der Waals surface area (Å²) in [6.07, 6.45) is 1.85. The van der Waals surface area contributed by atoms with Crippen LogP contribution < -0.4 is 5.32 Å². The van der Waals surface area contributed by atoms with E-state index in [1.54, 1.807) is 18.2 Å². The number of hydrogen-bond acceptors (Lipinski definition) is 3. The second-order valence-corrected chi connectivity index (χ2v) is 5.65. The Morgan fingerprint density at radius 1 is 1.04 bits per heavy atom. The molecule has 0 atom stereocenters. The molecule has 0 spiro atoms. The summed E-state index contributed by atoms with van der Waals surface area (Å²) in [6, 6.07) is 12.7. The molecule has 0 aromatic heterocycles. The van der Waals surface area contributed by atoms with Crippen molar-refractivity contribution < 1.29 is 9.72 Å². The van der Waals surface area contributed by atoms with Gasteiger partial charge < -0.3 is 5.32 Å². The van der Waals surface area contributed by atoms with Crippen LogP contribution in [0.2, 0.25) is 0 Å². The summed E-state index contributed by atoms with van der Waals surface area (Å²) in [5, 5.41) is 13.9. The van der Waals surface area contributed by atoms with E-state index < -0.39 is 4.92 Å². The standard InChI is InChI=1S/C19H22N2O3/c1-3-14-9-10-15(4-2)17(11-14)13-20-19(22)12-16-7-5-6-8-18(16)21(23)24/h5-11H,3-4,12-13H2,1-2H3,(H,20,22). The first-order valence-electron chi connectivity index (χ1n) is 8.14. The predicted octanol–water partition coefficient (Wildman–Crippen LogP) is 3.58. The van der Waals surface area contributed by atoms with Crippen molar-refractivity contribution in [2.45, 2.75) is 39.7 Å². The molecular weight excluding hydrogens is 304 g/mol. The Balaban J connectivity index is 2.05. The van der Waals surface area contributed by atoms with Crippen molar-refractivity contribution >= 4 is 11.6 Å². The van der Waals surface area contributed by atoms with Crippen molar-refractivity contribution in [1.82, 2.24) is 5.32 Å². The fourth-order valence-corrected chi connectivity index (χ4v) is 2.68. The van der Waals surface area contributed by atoms with Crippen LogP contribution in [0.5, 0.6) is 0 Å². The van der Waals surface area contributed by atoms with Crippen molar-refractivity contribution in [2.24, 2.45) is 0 Å². The summed E-state index contributed by atoms with van der Waals surface area (Å²) in [5.74, 6) is -0.215. The smallest absolute Gasteiger partial charge is 0.273 e. The molecule has 0 saturated heterocycles. The molecule has 0 unspecified atom stereocenters. The number of hydrogen-bond donors (Lipinski definition) is 1. The van der Waals surface area contributed by atoms with Gasteiger partial charge in [0.05, 0.1) is 11.3 Å². The lowest BCUT2D eigenvalue weighted by molar-refractivity contribution is -0.385. The van der Waals surface area contributed by atoms with E-state index in [1.807, 2.05) is 0 Å². The molecule has 1 N–H and O–H groups in total. The van der Waals surface area contributed by atoms with Crippen LogP contribution in [0.15, 0.2) is 42.5 Å². The maximum absolute atomic E-state index is 12.2. The summed E-state index contributed by atoms with van der Waals surface area (Å²) in [7, 11) is 0. The molecule has 2 aromatic rings. The van der Waals surface area contributed by atoms with Gasteiger partial charge in [0.1, 0.15) is 0 Å². The zero-order chi connectivity index (χ0) is 17.5. The predicted molar refractivity (Wildman–Crippen MR) is 93.8 cm³/mol. The molecule has 24 heavy (non-hydrogen) atoms. The number of nitrogens with one attached hydrogen (secondary N) is 1. The van der Waals surface area contributed by atoms with Crippen LogP contribution in [0.25, 0.3) is 0 Å². The molecule has 0 aliphatic rings. The number of rotatable bonds is 7. The second kappa shape index (κ2) is 8.24. The minimum atomic E-state index is -0.456. The molecule has 5 nitrogen and oxygen atoms in total. The van der Waals surface area contributed by atoms with Gasteiger partial charge in [-0.1, -0.05) is 50.2 Å². The normalized spacial score (nSPS) is 10.4. The Bertz CT molecular complexity index is 741. The molecule has 2 aromatic carbocycles. The van der Waals surface area contributed by atoms with E-state index >= 15 is 0 Å². The molecule has 0 aliphatic heterocycles. The first-order chi connectivity index (χ1) is 11.5. The van der Waals surface area contributed by atoms with Gasteiger partial charge in [-0.05, 0) is 29.5 Å². The number of nitro benzene ring substituents is 1. The fourth-order valence-electron chi connectivity index (χ4n) is 2.68. The molecule has 0 heterocycles. The monoisotopic (exact) mass is 326 g/mol. The molecule has 2 rings (SSSR count). The van der Waals surface area contributed by atoms with Gasteiger partial charge in [0.15, 0.2) is 0 Å². The largest absolute Gasteiger partial charge is 0.352 e. The zero-order valence-electron chi connectivity index (χ0n) is 14.0. The lowest BCUT2D eigenvalue weighted by Gasteiger charge is -2.11. The average Bonchev–Trinajstić information content (AvgIpc) is 2.59. The van der Waals surface area contributed by atoms with Crippen LogP contribution in [0.3, 0.4) is 0 Å². The van der Waals surface area contributed by atoms with E-state index in [9.17, 15) is 14.9 Å². The molecule has 0 bridgehead atoms. The quantitative estimate of drug-likeness (QED) is 0.624. The number of para-hydroxylation sites is 1. The summed E-state index contributed by atoms with van der Waals surface area (Å²) in [4.78, 5) is 22.7. The van der Waals surface area contributed by atoms with Gasteiger partial charge in [0.2, 0.25) is 5.91 Å². The minimum Gasteiger partial charge on any atom is -0.352 e. The summed E-state index contributed by atoms with van der Waals surface area (Å²) in [5.41, 5.74) is 3.95. The molecule has 0 fully saturated rings. The minimum absolute atomic E-state index is 0.00603. The highest BCUT2D eigenvalue weighted by atomic mass is 16.6. The molecule has 1 amide bonds. The van der Waals surface area contributed by atoms with Crippen molar-refractivity contribution in [1.29, 1.82) is 0 Å². The summed E-state index contributed by atoms with van der Waals surface area (Å²) in [6.45, 7) is 4.62. The number of benzene rings is 2. The SMILES string of the molecule is CCc1ccc(CC)c(CNC(=O)Cc2ccccc2[N+](=O)[O-])c1. The number of nitrogens with zero attached hydrogens (tertiary/aromatic N) is 1. The summed E-state index contributed by atoms with van der Waals surface area (Å²) < 4.78 is 0. The van der Waals surface area contributed by atoms with E-state index in [4.69, 9.17) is 0 Å². The maximum atomic E-state index is 12.2. The topological polar surface area (TPSA) is 72.2 Å². The Morgan fingerprint density at radius 3 is 2.46 bits per heavy atom. The lowest BCUT2D eigenvalue weighted by Crippen LogP contribution is -2.25. The highest BCUT2D eigenvalue weighted by Crippen LogP contribution is 2.18. The number of amides is 1. The van der Waals surface area contributed by atoms with Gasteiger partial charge in [0.25, 0.3) is 5.69 Å². The highest BCUT2D eigenvalue weighted by Gasteiger charge is 2.15. The van der Waals surface area contributed by atoms with Crippen molar-refractivity contribution in [3.63, 3.8) is 0 Å². The third kappa shape index (κ3) is 4.41. The van der Waals surface area contributed by atoms with Crippen molar-refractivity contribution in [2.75, 3.05) is 0 Å². The molecule has 0 saturated carbocycles. The number of carbonyl (C=O) groups is 1. The van der Waals surface area contributed by atoms with Gasteiger partial charge in [-0.25, -0.2) is 0 Å². The van der Waals surface area contributed by atoms with E-state index in [0.717, 1.165) is 18.4 Å². The van der Waals surface area contributed by atoms with Gasteiger partial charge in [0, 0.05) is 18.2 Å². The summed E-state index contributed by atoms with van der Waals surface area (Å²) >= 11 is 0. The van der Waals surface area contributed by atoms with Crippen LogP contribution in [-0.4, -0.2) is 10.8 Å². The van der Waals surface area contributed by atoms with Gasteiger partial charge in [-0.3, -0.25) is 14.9 Å². The van der Waals surface area contributed by atoms with Crippen molar-refractivity contribution in [3.05, 3.63) is 74.8 Å². The molecule has 0 radical (unpaired) electrons. The van der Waals surface area contributed by atoms with Crippen molar-refractivity contribution in [3.8, 4) is 0 Å².